The maximum absolute atomic E-state index is 12.9. The SMILES string of the molecule is O=C(Nc1ccc(F)cc1)c1ccc2c(c1)SC1=NS(=O)(=O)CCN12. The summed E-state index contributed by atoms with van der Waals surface area (Å²) >= 11 is 1.23. The number of carbonyl (C=O) groups is 1. The highest BCUT2D eigenvalue weighted by Crippen LogP contribution is 2.42. The summed E-state index contributed by atoms with van der Waals surface area (Å²) in [6.07, 6.45) is 0. The first kappa shape index (κ1) is 16.1. The van der Waals surface area contributed by atoms with Gasteiger partial charge in [0.25, 0.3) is 15.9 Å². The van der Waals surface area contributed by atoms with Gasteiger partial charge in [0.15, 0.2) is 5.17 Å². The van der Waals surface area contributed by atoms with Gasteiger partial charge in [0.05, 0.1) is 11.4 Å². The zero-order chi connectivity index (χ0) is 17.6. The number of rotatable bonds is 2. The molecule has 9 heteroatoms. The van der Waals surface area contributed by atoms with Crippen molar-refractivity contribution in [2.45, 2.75) is 4.90 Å². The third-order valence-corrected chi connectivity index (χ3v) is 6.14. The van der Waals surface area contributed by atoms with Crippen LogP contribution in [0.25, 0.3) is 0 Å². The Balaban J connectivity index is 1.59. The van der Waals surface area contributed by atoms with Crippen molar-refractivity contribution < 1.29 is 17.6 Å². The van der Waals surface area contributed by atoms with Crippen LogP contribution in [0.4, 0.5) is 15.8 Å². The van der Waals surface area contributed by atoms with Gasteiger partial charge < -0.3 is 10.2 Å². The lowest BCUT2D eigenvalue weighted by atomic mass is 10.1. The van der Waals surface area contributed by atoms with Gasteiger partial charge in [-0.2, -0.15) is 0 Å². The Morgan fingerprint density at radius 3 is 2.72 bits per heavy atom. The number of benzene rings is 2. The summed E-state index contributed by atoms with van der Waals surface area (Å²) in [6, 6.07) is 10.7. The van der Waals surface area contributed by atoms with Crippen LogP contribution in [0.5, 0.6) is 0 Å². The predicted octanol–water partition coefficient (Wildman–Crippen LogP) is 2.69. The summed E-state index contributed by atoms with van der Waals surface area (Å²) in [4.78, 5) is 15.0. The molecule has 2 heterocycles. The van der Waals surface area contributed by atoms with E-state index in [1.807, 2.05) is 4.90 Å². The van der Waals surface area contributed by atoms with E-state index < -0.39 is 10.0 Å². The lowest BCUT2D eigenvalue weighted by Gasteiger charge is -2.22. The number of amides is 1. The topological polar surface area (TPSA) is 78.8 Å². The minimum absolute atomic E-state index is 0.0245. The Morgan fingerprint density at radius 1 is 1.20 bits per heavy atom. The van der Waals surface area contributed by atoms with E-state index in [0.717, 1.165) is 10.6 Å². The third kappa shape index (κ3) is 3.12. The molecule has 0 aromatic heterocycles. The number of nitrogens with zero attached hydrogens (tertiary/aromatic N) is 2. The van der Waals surface area contributed by atoms with E-state index in [1.165, 1.54) is 36.0 Å². The van der Waals surface area contributed by atoms with E-state index in [-0.39, 0.29) is 17.5 Å². The molecule has 4 rings (SSSR count). The maximum Gasteiger partial charge on any atom is 0.257 e. The summed E-state index contributed by atoms with van der Waals surface area (Å²) in [6.45, 7) is 0.349. The molecule has 0 radical (unpaired) electrons. The van der Waals surface area contributed by atoms with Gasteiger partial charge in [0, 0.05) is 22.7 Å². The number of halogens is 1. The van der Waals surface area contributed by atoms with Crippen LogP contribution >= 0.6 is 11.8 Å². The van der Waals surface area contributed by atoms with Crippen LogP contribution < -0.4 is 10.2 Å². The lowest BCUT2D eigenvalue weighted by molar-refractivity contribution is 0.102. The molecule has 128 valence electrons. The van der Waals surface area contributed by atoms with Gasteiger partial charge in [0.2, 0.25) is 0 Å². The fourth-order valence-electron chi connectivity index (χ4n) is 2.61. The fraction of sp³-hybridized carbons (Fsp3) is 0.125. The van der Waals surface area contributed by atoms with E-state index >= 15 is 0 Å². The van der Waals surface area contributed by atoms with E-state index in [4.69, 9.17) is 0 Å². The highest BCUT2D eigenvalue weighted by Gasteiger charge is 2.33. The number of thioether (sulfide) groups is 1. The number of amidine groups is 1. The number of nitrogens with one attached hydrogen (secondary N) is 1. The molecule has 0 atom stereocenters. The van der Waals surface area contributed by atoms with Crippen molar-refractivity contribution in [1.29, 1.82) is 0 Å². The molecule has 0 aliphatic carbocycles. The smallest absolute Gasteiger partial charge is 0.257 e. The highest BCUT2D eigenvalue weighted by atomic mass is 32.2. The van der Waals surface area contributed by atoms with E-state index in [1.54, 1.807) is 18.2 Å². The number of anilines is 2. The van der Waals surface area contributed by atoms with Crippen molar-refractivity contribution in [3.8, 4) is 0 Å². The van der Waals surface area contributed by atoms with Crippen molar-refractivity contribution in [3.63, 3.8) is 0 Å². The highest BCUT2D eigenvalue weighted by molar-refractivity contribution is 8.15. The molecule has 2 aromatic rings. The normalized spacial score (nSPS) is 17.5. The first-order valence-corrected chi connectivity index (χ1v) is 9.83. The molecular formula is C16H12FN3O3S2. The molecule has 0 saturated carbocycles. The predicted molar refractivity (Wildman–Crippen MR) is 95.2 cm³/mol. The Bertz CT molecular complexity index is 1000. The Kier molecular flexibility index (Phi) is 3.77. The van der Waals surface area contributed by atoms with Gasteiger partial charge in [-0.3, -0.25) is 4.79 Å². The average molecular weight is 377 g/mol. The summed E-state index contributed by atoms with van der Waals surface area (Å²) in [5.41, 5.74) is 1.77. The molecule has 1 N–H and O–H groups in total. The van der Waals surface area contributed by atoms with Gasteiger partial charge in [0.1, 0.15) is 5.82 Å². The summed E-state index contributed by atoms with van der Waals surface area (Å²) in [5.74, 6) is -0.725. The molecule has 2 aliphatic heterocycles. The van der Waals surface area contributed by atoms with Crippen molar-refractivity contribution in [2.24, 2.45) is 4.40 Å². The van der Waals surface area contributed by atoms with Gasteiger partial charge in [-0.15, -0.1) is 4.40 Å². The molecule has 0 saturated heterocycles. The lowest BCUT2D eigenvalue weighted by Crippen LogP contribution is -2.35. The van der Waals surface area contributed by atoms with Crippen molar-refractivity contribution in [3.05, 3.63) is 53.8 Å². The molecular weight excluding hydrogens is 365 g/mol. The number of fused-ring (bicyclic) bond motifs is 3. The minimum atomic E-state index is -3.41. The molecule has 2 aromatic carbocycles. The summed E-state index contributed by atoms with van der Waals surface area (Å²) in [7, 11) is -3.41. The molecule has 2 aliphatic rings. The molecule has 0 bridgehead atoms. The van der Waals surface area contributed by atoms with Crippen LogP contribution in [0.3, 0.4) is 0 Å². The first-order chi connectivity index (χ1) is 11.9. The molecule has 25 heavy (non-hydrogen) atoms. The monoisotopic (exact) mass is 377 g/mol. The zero-order valence-electron chi connectivity index (χ0n) is 12.8. The Morgan fingerprint density at radius 2 is 1.96 bits per heavy atom. The van der Waals surface area contributed by atoms with Crippen molar-refractivity contribution in [2.75, 3.05) is 22.5 Å². The van der Waals surface area contributed by atoms with Crippen LogP contribution in [0, 0.1) is 5.82 Å². The Labute approximate surface area is 147 Å². The molecule has 0 unspecified atom stereocenters. The second kappa shape index (κ2) is 5.85. The maximum atomic E-state index is 12.9. The first-order valence-electron chi connectivity index (χ1n) is 7.40. The Hall–Kier alpha value is -2.39. The van der Waals surface area contributed by atoms with E-state index in [2.05, 4.69) is 9.71 Å². The molecule has 1 amide bonds. The second-order valence-electron chi connectivity index (χ2n) is 5.56. The minimum Gasteiger partial charge on any atom is -0.322 e. The summed E-state index contributed by atoms with van der Waals surface area (Å²) < 4.78 is 40.0. The average Bonchev–Trinajstić information content (AvgIpc) is 2.91. The molecule has 0 fully saturated rings. The number of hydrogen-bond acceptors (Lipinski definition) is 5. The van der Waals surface area contributed by atoms with Crippen molar-refractivity contribution >= 4 is 44.2 Å². The molecule has 6 nitrogen and oxygen atoms in total. The number of sulfonamides is 1. The second-order valence-corrected chi connectivity index (χ2v) is 8.32. The van der Waals surface area contributed by atoms with Crippen molar-refractivity contribution in [1.82, 2.24) is 0 Å². The van der Waals surface area contributed by atoms with Crippen LogP contribution in [-0.4, -0.2) is 31.8 Å². The van der Waals surface area contributed by atoms with Crippen LogP contribution in [0.15, 0.2) is 51.8 Å². The van der Waals surface area contributed by atoms with Crippen LogP contribution in [-0.2, 0) is 10.0 Å². The zero-order valence-corrected chi connectivity index (χ0v) is 14.4. The van der Waals surface area contributed by atoms with Gasteiger partial charge >= 0.3 is 0 Å². The number of hydrogen-bond donors (Lipinski definition) is 1. The van der Waals surface area contributed by atoms with Gasteiger partial charge in [-0.25, -0.2) is 12.8 Å². The molecule has 0 spiro atoms. The third-order valence-electron chi connectivity index (χ3n) is 3.84. The van der Waals surface area contributed by atoms with Crippen LogP contribution in [0.2, 0.25) is 0 Å². The summed E-state index contributed by atoms with van der Waals surface area (Å²) in [5, 5.41) is 3.11. The van der Waals surface area contributed by atoms with E-state index in [0.29, 0.717) is 23.0 Å². The van der Waals surface area contributed by atoms with Gasteiger partial charge in [-0.1, -0.05) is 0 Å². The largest absolute Gasteiger partial charge is 0.322 e. The van der Waals surface area contributed by atoms with Gasteiger partial charge in [-0.05, 0) is 54.2 Å². The fourth-order valence-corrected chi connectivity index (χ4v) is 4.90. The standard InChI is InChI=1S/C16H12FN3O3S2/c17-11-2-4-12(5-3-11)18-15(21)10-1-6-13-14(9-10)24-16-19-25(22,23)8-7-20(13)16/h1-6,9H,7-8H2,(H,18,21). The van der Waals surface area contributed by atoms with E-state index in [9.17, 15) is 17.6 Å². The quantitative estimate of drug-likeness (QED) is 0.871. The number of carbonyl (C=O) groups excluding carboxylic acids is 1. The van der Waals surface area contributed by atoms with Crippen LogP contribution in [0.1, 0.15) is 10.4 Å².